The Bertz CT molecular complexity index is 1280. The van der Waals surface area contributed by atoms with Crippen molar-refractivity contribution in [3.8, 4) is 0 Å². The Balaban J connectivity index is 1.87. The van der Waals surface area contributed by atoms with E-state index in [2.05, 4.69) is 4.72 Å². The van der Waals surface area contributed by atoms with E-state index in [0.29, 0.717) is 30.7 Å². The molecule has 31 heavy (non-hydrogen) atoms. The average molecular weight is 475 g/mol. The summed E-state index contributed by atoms with van der Waals surface area (Å²) in [5, 5.41) is -0.131. The maximum absolute atomic E-state index is 13.1. The number of ether oxygens (including phenoxy) is 1. The molecular formula is C18H20ClFN4O6S. The second-order valence-corrected chi connectivity index (χ2v) is 10.1. The number of rotatable bonds is 7. The van der Waals surface area contributed by atoms with Gasteiger partial charge in [0, 0.05) is 18.0 Å². The van der Waals surface area contributed by atoms with E-state index in [0.717, 1.165) is 6.07 Å². The number of hydrogen-bond donors (Lipinski definition) is 2. The number of carbonyl (C=O) groups excluding carboxylic acids is 1. The van der Waals surface area contributed by atoms with Crippen molar-refractivity contribution in [2.24, 2.45) is 5.92 Å². The molecule has 4 rings (SSSR count). The van der Waals surface area contributed by atoms with Gasteiger partial charge < -0.3 is 4.74 Å². The van der Waals surface area contributed by atoms with E-state index in [1.807, 2.05) is 5.43 Å². The molecule has 1 aromatic carbocycles. The third-order valence-electron chi connectivity index (χ3n) is 5.37. The second kappa shape index (κ2) is 7.69. The van der Waals surface area contributed by atoms with E-state index in [9.17, 15) is 27.2 Å². The summed E-state index contributed by atoms with van der Waals surface area (Å²) in [4.78, 5) is 37.4. The highest BCUT2D eigenvalue weighted by atomic mass is 35.5. The van der Waals surface area contributed by atoms with E-state index in [1.165, 1.54) is 16.7 Å². The van der Waals surface area contributed by atoms with E-state index in [4.69, 9.17) is 16.3 Å². The number of nitrogens with zero attached hydrogens (tertiary/aromatic N) is 2. The Morgan fingerprint density at radius 3 is 2.58 bits per heavy atom. The zero-order valence-electron chi connectivity index (χ0n) is 16.4. The first-order valence-corrected chi connectivity index (χ1v) is 11.4. The Morgan fingerprint density at radius 2 is 2.03 bits per heavy atom. The summed E-state index contributed by atoms with van der Waals surface area (Å²) in [6.07, 6.45) is 1.40. The van der Waals surface area contributed by atoms with Crippen LogP contribution < -0.4 is 21.4 Å². The van der Waals surface area contributed by atoms with Crippen molar-refractivity contribution in [1.29, 1.82) is 0 Å². The van der Waals surface area contributed by atoms with Gasteiger partial charge >= 0.3 is 5.69 Å². The van der Waals surface area contributed by atoms with Gasteiger partial charge in [-0.1, -0.05) is 11.6 Å². The predicted molar refractivity (Wildman–Crippen MR) is 110 cm³/mol. The van der Waals surface area contributed by atoms with Gasteiger partial charge in [-0.05, 0) is 38.0 Å². The number of alkyl halides is 2. The zero-order valence-corrected chi connectivity index (χ0v) is 18.0. The van der Waals surface area contributed by atoms with Crippen LogP contribution in [0.5, 0.6) is 0 Å². The van der Waals surface area contributed by atoms with Gasteiger partial charge in [0.25, 0.3) is 17.1 Å². The maximum Gasteiger partial charge on any atom is 0.350 e. The molecule has 13 heteroatoms. The van der Waals surface area contributed by atoms with Crippen molar-refractivity contribution < 1.29 is 22.3 Å². The summed E-state index contributed by atoms with van der Waals surface area (Å²) in [5.74, 6) is -1.41. The lowest BCUT2D eigenvalue weighted by molar-refractivity contribution is -0.119. The number of benzene rings is 1. The van der Waals surface area contributed by atoms with Gasteiger partial charge in [-0.25, -0.2) is 22.3 Å². The largest absolute Gasteiger partial charge is 0.381 e. The molecule has 10 nitrogen and oxygen atoms in total. The molecule has 2 N–H and O–H groups in total. The van der Waals surface area contributed by atoms with Crippen LogP contribution in [-0.2, 0) is 26.1 Å². The van der Waals surface area contributed by atoms with Crippen LogP contribution in [0.25, 0.3) is 10.9 Å². The molecule has 1 unspecified atom stereocenters. The van der Waals surface area contributed by atoms with E-state index in [1.54, 1.807) is 6.92 Å². The van der Waals surface area contributed by atoms with Crippen molar-refractivity contribution in [1.82, 2.24) is 14.0 Å². The standard InChI is InChI=1S/C18H20ClFN4O6S/c1-18(4-5-18)22-31(28,29)11-2-3-13-12(6-11)16(26)24(21-15(25)14(19)20)17(27)23(13)7-10-8-30-9-10/h2-3,6,10,14,22H,4-5,7-9H2,1H3,(H,21,25). The number of fused-ring (bicyclic) bond motifs is 1. The molecule has 168 valence electrons. The zero-order chi connectivity index (χ0) is 22.6. The molecule has 2 heterocycles. The number of aromatic nitrogens is 2. The molecule has 1 aliphatic carbocycles. The fourth-order valence-corrected chi connectivity index (χ4v) is 4.81. The molecule has 2 aliphatic rings. The minimum absolute atomic E-state index is 0.00982. The van der Waals surface area contributed by atoms with Crippen molar-refractivity contribution in [3.63, 3.8) is 0 Å². The van der Waals surface area contributed by atoms with E-state index in [-0.39, 0.29) is 28.3 Å². The van der Waals surface area contributed by atoms with E-state index < -0.39 is 38.3 Å². The average Bonchev–Trinajstić information content (AvgIpc) is 3.38. The van der Waals surface area contributed by atoms with Crippen molar-refractivity contribution in [2.45, 2.75) is 42.4 Å². The van der Waals surface area contributed by atoms with Crippen LogP contribution in [-0.4, -0.2) is 48.0 Å². The minimum atomic E-state index is -3.93. The van der Waals surface area contributed by atoms with Gasteiger partial charge in [0.15, 0.2) is 0 Å². The first kappa shape index (κ1) is 21.9. The van der Waals surface area contributed by atoms with Crippen LogP contribution in [0.4, 0.5) is 4.39 Å². The molecule has 1 aromatic heterocycles. The van der Waals surface area contributed by atoms with Crippen LogP contribution in [0.1, 0.15) is 19.8 Å². The van der Waals surface area contributed by atoms with Gasteiger partial charge in [-0.2, -0.15) is 4.68 Å². The van der Waals surface area contributed by atoms with Crippen molar-refractivity contribution >= 4 is 38.4 Å². The summed E-state index contributed by atoms with van der Waals surface area (Å²) in [6, 6.07) is 3.81. The molecule has 2 aromatic rings. The topological polar surface area (TPSA) is 128 Å². The monoisotopic (exact) mass is 474 g/mol. The van der Waals surface area contributed by atoms with Crippen molar-refractivity contribution in [2.75, 3.05) is 18.6 Å². The number of halogens is 2. The Labute approximate surface area is 181 Å². The second-order valence-electron chi connectivity index (χ2n) is 8.06. The first-order chi connectivity index (χ1) is 14.5. The van der Waals surface area contributed by atoms with Gasteiger partial charge in [-0.15, -0.1) is 0 Å². The summed E-state index contributed by atoms with van der Waals surface area (Å²) in [7, 11) is -3.93. The number of nitrogens with one attached hydrogen (secondary N) is 2. The van der Waals surface area contributed by atoms with Crippen molar-refractivity contribution in [3.05, 3.63) is 39.0 Å². The molecular weight excluding hydrogens is 455 g/mol. The fraction of sp³-hybridized carbons (Fsp3) is 0.500. The van der Waals surface area contributed by atoms with Crippen LogP contribution in [0, 0.1) is 5.92 Å². The van der Waals surface area contributed by atoms with Gasteiger partial charge in [-0.3, -0.25) is 19.6 Å². The number of sulfonamides is 1. The Morgan fingerprint density at radius 1 is 1.35 bits per heavy atom. The van der Waals surface area contributed by atoms with Crippen LogP contribution in [0.15, 0.2) is 32.7 Å². The van der Waals surface area contributed by atoms with E-state index >= 15 is 0 Å². The number of amides is 1. The van der Waals surface area contributed by atoms with Gasteiger partial charge in [0.1, 0.15) is 0 Å². The number of carbonyl (C=O) groups is 1. The molecule has 1 aliphatic heterocycles. The number of hydrogen-bond acceptors (Lipinski definition) is 6. The third kappa shape index (κ3) is 4.25. The molecule has 0 radical (unpaired) electrons. The Kier molecular flexibility index (Phi) is 5.44. The molecule has 2 fully saturated rings. The highest BCUT2D eigenvalue weighted by Crippen LogP contribution is 2.36. The molecule has 1 amide bonds. The molecule has 0 bridgehead atoms. The molecule has 0 spiro atoms. The summed E-state index contributed by atoms with van der Waals surface area (Å²) < 4.78 is 47.9. The summed E-state index contributed by atoms with van der Waals surface area (Å²) in [5.41, 5.74) is -2.87. The lowest BCUT2D eigenvalue weighted by Crippen LogP contribution is -2.49. The summed E-state index contributed by atoms with van der Waals surface area (Å²) in [6.45, 7) is 2.74. The first-order valence-electron chi connectivity index (χ1n) is 9.51. The highest BCUT2D eigenvalue weighted by molar-refractivity contribution is 7.89. The Hall–Kier alpha value is -2.28. The lowest BCUT2D eigenvalue weighted by atomic mass is 10.1. The SMILES string of the molecule is CC1(NS(=O)(=O)c2ccc3c(c2)c(=O)n(NC(=O)C(F)Cl)c(=O)n3CC2COC2)CC1. The van der Waals surface area contributed by atoms with Crippen LogP contribution in [0.3, 0.4) is 0 Å². The van der Waals surface area contributed by atoms with Crippen LogP contribution >= 0.6 is 11.6 Å². The predicted octanol–water partition coefficient (Wildman–Crippen LogP) is 0.245. The molecule has 1 saturated heterocycles. The maximum atomic E-state index is 13.1. The van der Waals surface area contributed by atoms with Gasteiger partial charge in [0.05, 0.1) is 29.0 Å². The lowest BCUT2D eigenvalue weighted by Gasteiger charge is -2.27. The molecule has 1 atom stereocenters. The quantitative estimate of drug-likeness (QED) is 0.553. The third-order valence-corrected chi connectivity index (χ3v) is 7.21. The van der Waals surface area contributed by atoms with Gasteiger partial charge in [0.2, 0.25) is 10.0 Å². The minimum Gasteiger partial charge on any atom is -0.381 e. The fourth-order valence-electron chi connectivity index (χ4n) is 3.28. The smallest absolute Gasteiger partial charge is 0.350 e. The highest BCUT2D eigenvalue weighted by Gasteiger charge is 2.41. The normalized spacial score (nSPS) is 19.1. The molecule has 1 saturated carbocycles. The van der Waals surface area contributed by atoms with Crippen LogP contribution in [0.2, 0.25) is 0 Å². The summed E-state index contributed by atoms with van der Waals surface area (Å²) >= 11 is 5.10.